The van der Waals surface area contributed by atoms with Crippen LogP contribution in [0.1, 0.15) is 18.1 Å². The summed E-state index contributed by atoms with van der Waals surface area (Å²) in [4.78, 5) is 0. The van der Waals surface area contributed by atoms with Crippen LogP contribution in [0.3, 0.4) is 0 Å². The Kier molecular flexibility index (Phi) is 3.90. The van der Waals surface area contributed by atoms with E-state index in [1.807, 2.05) is 13.0 Å². The predicted molar refractivity (Wildman–Crippen MR) is 53.4 cm³/mol. The van der Waals surface area contributed by atoms with Gasteiger partial charge in [-0.1, -0.05) is 13.0 Å². The monoisotopic (exact) mass is 181 g/mol. The van der Waals surface area contributed by atoms with Crippen LogP contribution in [0.15, 0.2) is 18.2 Å². The van der Waals surface area contributed by atoms with Gasteiger partial charge in [-0.05, 0) is 49.7 Å². The molecule has 0 radical (unpaired) electrons. The molecule has 1 rings (SSSR count). The first-order chi connectivity index (χ1) is 6.22. The third kappa shape index (κ3) is 3.55. The molecular formula is C11H16FN. The molecule has 0 aliphatic carbocycles. The van der Waals surface area contributed by atoms with Crippen molar-refractivity contribution in [1.82, 2.24) is 5.32 Å². The maximum atomic E-state index is 12.9. The Balaban J connectivity index is 2.56. The average Bonchev–Trinajstić information content (AvgIpc) is 2.03. The average molecular weight is 181 g/mol. The molecule has 0 aliphatic rings. The molecule has 1 aromatic rings. The van der Waals surface area contributed by atoms with E-state index in [-0.39, 0.29) is 5.82 Å². The molecule has 2 heteroatoms. The number of likely N-dealkylation sites (N-methyl/N-ethyl adjacent to an activating group) is 1. The molecule has 0 aliphatic heterocycles. The van der Waals surface area contributed by atoms with Crippen molar-refractivity contribution in [2.75, 3.05) is 13.1 Å². The Morgan fingerprint density at radius 3 is 2.69 bits per heavy atom. The van der Waals surface area contributed by atoms with Crippen molar-refractivity contribution in [2.24, 2.45) is 0 Å². The molecule has 0 unspecified atom stereocenters. The summed E-state index contributed by atoms with van der Waals surface area (Å²) in [5, 5.41) is 3.21. The molecule has 13 heavy (non-hydrogen) atoms. The van der Waals surface area contributed by atoms with Crippen LogP contribution in [0.4, 0.5) is 4.39 Å². The molecule has 0 bridgehead atoms. The van der Waals surface area contributed by atoms with Gasteiger partial charge in [0.05, 0.1) is 0 Å². The summed E-state index contributed by atoms with van der Waals surface area (Å²) in [6, 6.07) is 5.18. The van der Waals surface area contributed by atoms with E-state index in [4.69, 9.17) is 0 Å². The van der Waals surface area contributed by atoms with Gasteiger partial charge >= 0.3 is 0 Å². The largest absolute Gasteiger partial charge is 0.317 e. The summed E-state index contributed by atoms with van der Waals surface area (Å²) < 4.78 is 12.9. The summed E-state index contributed by atoms with van der Waals surface area (Å²) in [5.41, 5.74) is 2.06. The number of hydrogen-bond acceptors (Lipinski definition) is 1. The van der Waals surface area contributed by atoms with Gasteiger partial charge in [-0.2, -0.15) is 0 Å². The number of rotatable bonds is 4. The lowest BCUT2D eigenvalue weighted by atomic mass is 10.1. The molecule has 1 aromatic carbocycles. The van der Waals surface area contributed by atoms with Crippen molar-refractivity contribution in [3.63, 3.8) is 0 Å². The van der Waals surface area contributed by atoms with Crippen molar-refractivity contribution in [2.45, 2.75) is 20.3 Å². The zero-order valence-corrected chi connectivity index (χ0v) is 8.23. The maximum absolute atomic E-state index is 12.9. The van der Waals surface area contributed by atoms with E-state index in [0.29, 0.717) is 0 Å². The lowest BCUT2D eigenvalue weighted by molar-refractivity contribution is 0.622. The highest BCUT2D eigenvalue weighted by molar-refractivity contribution is 5.23. The van der Waals surface area contributed by atoms with Gasteiger partial charge < -0.3 is 5.32 Å². The smallest absolute Gasteiger partial charge is 0.123 e. The number of hydrogen-bond donors (Lipinski definition) is 1. The van der Waals surface area contributed by atoms with Gasteiger partial charge in [0.2, 0.25) is 0 Å². The van der Waals surface area contributed by atoms with Gasteiger partial charge in [0, 0.05) is 0 Å². The van der Waals surface area contributed by atoms with E-state index in [2.05, 4.69) is 12.2 Å². The van der Waals surface area contributed by atoms with E-state index in [1.54, 1.807) is 12.1 Å². The zero-order chi connectivity index (χ0) is 9.68. The Morgan fingerprint density at radius 2 is 2.08 bits per heavy atom. The maximum Gasteiger partial charge on any atom is 0.123 e. The summed E-state index contributed by atoms with van der Waals surface area (Å²) in [6.07, 6.45) is 0.895. The minimum atomic E-state index is -0.133. The zero-order valence-electron chi connectivity index (χ0n) is 8.23. The lowest BCUT2D eigenvalue weighted by Crippen LogP contribution is -2.16. The topological polar surface area (TPSA) is 12.0 Å². The standard InChI is InChI=1S/C11H16FN/c1-3-13-5-4-10-6-9(2)7-11(12)8-10/h6-8,13H,3-5H2,1-2H3. The molecule has 1 N–H and O–H groups in total. The first-order valence-electron chi connectivity index (χ1n) is 4.69. The van der Waals surface area contributed by atoms with E-state index in [9.17, 15) is 4.39 Å². The third-order valence-electron chi connectivity index (χ3n) is 1.94. The first kappa shape index (κ1) is 10.2. The Hall–Kier alpha value is -0.890. The molecule has 0 heterocycles. The Labute approximate surface area is 79.0 Å². The number of benzene rings is 1. The second kappa shape index (κ2) is 4.97. The SMILES string of the molecule is CCNCCc1cc(C)cc(F)c1. The molecule has 0 saturated heterocycles. The molecule has 0 aromatic heterocycles. The van der Waals surface area contributed by atoms with Gasteiger partial charge in [0.25, 0.3) is 0 Å². The number of aryl methyl sites for hydroxylation is 1. The summed E-state index contributed by atoms with van der Waals surface area (Å²) in [6.45, 7) is 5.87. The predicted octanol–water partition coefficient (Wildman–Crippen LogP) is 2.29. The fraction of sp³-hybridized carbons (Fsp3) is 0.455. The van der Waals surface area contributed by atoms with Gasteiger partial charge in [-0.15, -0.1) is 0 Å². The fourth-order valence-corrected chi connectivity index (χ4v) is 1.37. The molecule has 0 atom stereocenters. The van der Waals surface area contributed by atoms with E-state index in [0.717, 1.165) is 30.6 Å². The van der Waals surface area contributed by atoms with Crippen LogP contribution in [0, 0.1) is 12.7 Å². The summed E-state index contributed by atoms with van der Waals surface area (Å²) >= 11 is 0. The second-order valence-corrected chi connectivity index (χ2v) is 3.24. The molecular weight excluding hydrogens is 165 g/mol. The minimum Gasteiger partial charge on any atom is -0.317 e. The summed E-state index contributed by atoms with van der Waals surface area (Å²) in [5.74, 6) is -0.133. The summed E-state index contributed by atoms with van der Waals surface area (Å²) in [7, 11) is 0. The van der Waals surface area contributed by atoms with Crippen LogP contribution in [-0.4, -0.2) is 13.1 Å². The lowest BCUT2D eigenvalue weighted by Gasteiger charge is -2.03. The van der Waals surface area contributed by atoms with Crippen LogP contribution in [-0.2, 0) is 6.42 Å². The molecule has 0 fully saturated rings. The van der Waals surface area contributed by atoms with E-state index >= 15 is 0 Å². The Bertz CT molecular complexity index is 251. The quantitative estimate of drug-likeness (QED) is 0.703. The normalized spacial score (nSPS) is 10.4. The van der Waals surface area contributed by atoms with Crippen LogP contribution in [0.2, 0.25) is 0 Å². The van der Waals surface area contributed by atoms with Crippen molar-refractivity contribution in [3.05, 3.63) is 35.1 Å². The highest BCUT2D eigenvalue weighted by atomic mass is 19.1. The van der Waals surface area contributed by atoms with E-state index < -0.39 is 0 Å². The van der Waals surface area contributed by atoms with E-state index in [1.165, 1.54) is 0 Å². The van der Waals surface area contributed by atoms with Crippen molar-refractivity contribution >= 4 is 0 Å². The highest BCUT2D eigenvalue weighted by Gasteiger charge is 1.97. The van der Waals surface area contributed by atoms with Gasteiger partial charge in [0.1, 0.15) is 5.82 Å². The Morgan fingerprint density at radius 1 is 1.31 bits per heavy atom. The highest BCUT2D eigenvalue weighted by Crippen LogP contribution is 2.08. The minimum absolute atomic E-state index is 0.133. The van der Waals surface area contributed by atoms with Crippen LogP contribution in [0.25, 0.3) is 0 Å². The number of nitrogens with one attached hydrogen (secondary N) is 1. The molecule has 0 spiro atoms. The van der Waals surface area contributed by atoms with Gasteiger partial charge in [-0.3, -0.25) is 0 Å². The molecule has 0 saturated carbocycles. The van der Waals surface area contributed by atoms with Gasteiger partial charge in [0.15, 0.2) is 0 Å². The van der Waals surface area contributed by atoms with Crippen LogP contribution >= 0.6 is 0 Å². The second-order valence-electron chi connectivity index (χ2n) is 3.24. The first-order valence-corrected chi connectivity index (χ1v) is 4.69. The fourth-order valence-electron chi connectivity index (χ4n) is 1.37. The number of halogens is 1. The molecule has 72 valence electrons. The van der Waals surface area contributed by atoms with Crippen LogP contribution in [0.5, 0.6) is 0 Å². The van der Waals surface area contributed by atoms with Crippen molar-refractivity contribution < 1.29 is 4.39 Å². The van der Waals surface area contributed by atoms with Gasteiger partial charge in [-0.25, -0.2) is 4.39 Å². The van der Waals surface area contributed by atoms with Crippen LogP contribution < -0.4 is 5.32 Å². The molecule has 0 amide bonds. The van der Waals surface area contributed by atoms with Crippen molar-refractivity contribution in [1.29, 1.82) is 0 Å². The van der Waals surface area contributed by atoms with Crippen molar-refractivity contribution in [3.8, 4) is 0 Å². The third-order valence-corrected chi connectivity index (χ3v) is 1.94. The molecule has 1 nitrogen and oxygen atoms in total.